The Morgan fingerprint density at radius 1 is 0.975 bits per heavy atom. The quantitative estimate of drug-likeness (QED) is 0.217. The summed E-state index contributed by atoms with van der Waals surface area (Å²) in [5, 5.41) is 3.46. The molecule has 1 aliphatic rings. The van der Waals surface area contributed by atoms with Crippen molar-refractivity contribution in [2.75, 3.05) is 18.0 Å². The van der Waals surface area contributed by atoms with Crippen LogP contribution in [0.4, 0.5) is 25.1 Å². The second kappa shape index (κ2) is 9.66. The van der Waals surface area contributed by atoms with E-state index in [1.807, 2.05) is 31.2 Å². The summed E-state index contributed by atoms with van der Waals surface area (Å²) in [5.41, 5.74) is 4.35. The van der Waals surface area contributed by atoms with Crippen molar-refractivity contribution in [2.45, 2.75) is 43.5 Å². The standard InChI is InChI=1S/C28H28ClF5N4OS/c1-2-25-27(38-18-22(29)7-12-26(38)36-25)28(39)35-17-19-3-8-23(9-4-19)37-15-13-21(14-16-37)20-5-10-24(11-6-20)40(30,31,32,33)34/h3-12,18,21H,2,13-17H2,1H3,(H,35,39). The zero-order valence-corrected chi connectivity index (χ0v) is 23.2. The van der Waals surface area contributed by atoms with Crippen molar-refractivity contribution in [1.29, 1.82) is 0 Å². The molecule has 2 aromatic carbocycles. The van der Waals surface area contributed by atoms with Crippen LogP contribution < -0.4 is 10.2 Å². The van der Waals surface area contributed by atoms with Crippen LogP contribution in [0.2, 0.25) is 5.02 Å². The lowest BCUT2D eigenvalue weighted by molar-refractivity contribution is 0.0944. The van der Waals surface area contributed by atoms with Gasteiger partial charge in [-0.3, -0.25) is 9.20 Å². The fraction of sp³-hybridized carbons (Fsp3) is 0.286. The highest BCUT2D eigenvalue weighted by Gasteiger charge is 2.65. The molecule has 0 saturated carbocycles. The Balaban J connectivity index is 1.18. The van der Waals surface area contributed by atoms with E-state index < -0.39 is 15.1 Å². The number of anilines is 1. The van der Waals surface area contributed by atoms with E-state index in [-0.39, 0.29) is 11.8 Å². The minimum Gasteiger partial charge on any atom is -0.371 e. The van der Waals surface area contributed by atoms with E-state index >= 15 is 0 Å². The third kappa shape index (κ3) is 6.05. The molecule has 5 nitrogen and oxygen atoms in total. The molecule has 40 heavy (non-hydrogen) atoms. The van der Waals surface area contributed by atoms with E-state index in [0.29, 0.717) is 78.7 Å². The molecular weight excluding hydrogens is 571 g/mol. The number of halogens is 6. The molecule has 0 unspecified atom stereocenters. The lowest BCUT2D eigenvalue weighted by atomic mass is 9.89. The first-order valence-corrected chi connectivity index (χ1v) is 15.2. The van der Waals surface area contributed by atoms with E-state index in [2.05, 4.69) is 15.2 Å². The molecule has 1 saturated heterocycles. The second-order valence-corrected chi connectivity index (χ2v) is 12.8. The fourth-order valence-electron chi connectivity index (χ4n) is 5.11. The van der Waals surface area contributed by atoms with Crippen molar-refractivity contribution in [1.82, 2.24) is 14.7 Å². The lowest BCUT2D eigenvalue weighted by Crippen LogP contribution is -2.32. The predicted octanol–water partition coefficient (Wildman–Crippen LogP) is 8.52. The van der Waals surface area contributed by atoms with Gasteiger partial charge < -0.3 is 10.2 Å². The Morgan fingerprint density at radius 2 is 1.62 bits per heavy atom. The van der Waals surface area contributed by atoms with Gasteiger partial charge in [0.2, 0.25) is 0 Å². The number of imidazole rings is 1. The maximum absolute atomic E-state index is 13.0. The third-order valence-corrected chi connectivity index (χ3v) is 8.64. The molecule has 1 aliphatic heterocycles. The van der Waals surface area contributed by atoms with Crippen LogP contribution in [0.3, 0.4) is 0 Å². The van der Waals surface area contributed by atoms with Gasteiger partial charge in [-0.2, -0.15) is 0 Å². The van der Waals surface area contributed by atoms with Crippen molar-refractivity contribution in [3.8, 4) is 0 Å². The van der Waals surface area contributed by atoms with E-state index in [4.69, 9.17) is 11.6 Å². The van der Waals surface area contributed by atoms with Crippen molar-refractivity contribution >= 4 is 39.1 Å². The Kier molecular flexibility index (Phi) is 6.81. The molecule has 1 fully saturated rings. The summed E-state index contributed by atoms with van der Waals surface area (Å²) >= 11 is 6.12. The van der Waals surface area contributed by atoms with Gasteiger partial charge in [-0.1, -0.05) is 62.2 Å². The number of nitrogens with zero attached hydrogens (tertiary/aromatic N) is 3. The van der Waals surface area contributed by atoms with Crippen LogP contribution in [0.1, 0.15) is 53.0 Å². The molecule has 3 heterocycles. The van der Waals surface area contributed by atoms with E-state index in [1.165, 1.54) is 12.1 Å². The number of amides is 1. The molecule has 2 aromatic heterocycles. The highest BCUT2D eigenvalue weighted by atomic mass is 35.5. The van der Waals surface area contributed by atoms with E-state index in [1.54, 1.807) is 22.7 Å². The van der Waals surface area contributed by atoms with Crippen LogP contribution in [0.15, 0.2) is 71.8 Å². The molecule has 0 spiro atoms. The number of rotatable bonds is 7. The smallest absolute Gasteiger partial charge is 0.310 e. The summed E-state index contributed by atoms with van der Waals surface area (Å²) in [6.45, 7) is 3.63. The number of piperidine rings is 1. The van der Waals surface area contributed by atoms with Gasteiger partial charge in [-0.15, -0.1) is 0 Å². The molecule has 0 aliphatic carbocycles. The molecule has 214 valence electrons. The van der Waals surface area contributed by atoms with Gasteiger partial charge in [0.25, 0.3) is 5.91 Å². The number of aromatic nitrogens is 2. The molecule has 0 atom stereocenters. The van der Waals surface area contributed by atoms with Crippen molar-refractivity contribution in [3.05, 3.63) is 94.4 Å². The molecular formula is C28H28ClF5N4OS. The normalized spacial score (nSPS) is 16.5. The molecule has 0 radical (unpaired) electrons. The largest absolute Gasteiger partial charge is 0.371 e. The summed E-state index contributed by atoms with van der Waals surface area (Å²) in [7, 11) is -9.66. The minimum atomic E-state index is -9.66. The van der Waals surface area contributed by atoms with Crippen LogP contribution in [0, 0.1) is 0 Å². The summed E-state index contributed by atoms with van der Waals surface area (Å²) in [5.74, 6) is -0.243. The van der Waals surface area contributed by atoms with Crippen LogP contribution in [0.25, 0.3) is 5.65 Å². The number of pyridine rings is 1. The number of aryl methyl sites for hydroxylation is 1. The van der Waals surface area contributed by atoms with E-state index in [9.17, 15) is 24.2 Å². The lowest BCUT2D eigenvalue weighted by Gasteiger charge is -2.40. The van der Waals surface area contributed by atoms with Crippen LogP contribution in [0.5, 0.6) is 0 Å². The summed E-state index contributed by atoms with van der Waals surface area (Å²) < 4.78 is 66.7. The number of hydrogen-bond acceptors (Lipinski definition) is 3. The maximum atomic E-state index is 13.0. The Morgan fingerprint density at radius 3 is 2.23 bits per heavy atom. The summed E-state index contributed by atoms with van der Waals surface area (Å²) in [6, 6.07) is 14.6. The number of carbonyl (C=O) groups excluding carboxylic acids is 1. The summed E-state index contributed by atoms with van der Waals surface area (Å²) in [6.07, 6.45) is 3.66. The molecule has 0 bridgehead atoms. The monoisotopic (exact) mass is 598 g/mol. The van der Waals surface area contributed by atoms with Gasteiger partial charge in [-0.25, -0.2) is 4.98 Å². The molecule has 5 rings (SSSR count). The van der Waals surface area contributed by atoms with Gasteiger partial charge >= 0.3 is 10.2 Å². The van der Waals surface area contributed by atoms with Crippen LogP contribution in [-0.2, 0) is 13.0 Å². The van der Waals surface area contributed by atoms with Gasteiger partial charge in [0.15, 0.2) is 0 Å². The number of hydrogen-bond donors (Lipinski definition) is 1. The fourth-order valence-corrected chi connectivity index (χ4v) is 5.92. The first-order valence-electron chi connectivity index (χ1n) is 12.8. The highest BCUT2D eigenvalue weighted by molar-refractivity contribution is 8.45. The summed E-state index contributed by atoms with van der Waals surface area (Å²) in [4.78, 5) is 17.9. The molecule has 4 aromatic rings. The van der Waals surface area contributed by atoms with E-state index in [0.717, 1.165) is 11.3 Å². The Bertz CT molecular complexity index is 1550. The number of nitrogens with one attached hydrogen (secondary N) is 1. The Hall–Kier alpha value is -3.31. The average molecular weight is 599 g/mol. The minimum absolute atomic E-state index is 0.000767. The zero-order chi connectivity index (χ0) is 28.8. The Labute approximate surface area is 233 Å². The second-order valence-electron chi connectivity index (χ2n) is 9.98. The van der Waals surface area contributed by atoms with Crippen LogP contribution in [-0.4, -0.2) is 28.4 Å². The maximum Gasteiger partial charge on any atom is 0.310 e. The molecule has 1 amide bonds. The SMILES string of the molecule is CCc1nc2ccc(Cl)cn2c1C(=O)NCc1ccc(N2CCC(c3ccc(S(F)(F)(F)(F)F)cc3)CC2)cc1. The third-order valence-electron chi connectivity index (χ3n) is 7.25. The van der Waals surface area contributed by atoms with Crippen molar-refractivity contribution in [2.24, 2.45) is 0 Å². The number of benzene rings is 2. The number of fused-ring (bicyclic) bond motifs is 1. The molecule has 1 N–H and O–H groups in total. The number of carbonyl (C=O) groups is 1. The predicted molar refractivity (Wildman–Crippen MR) is 149 cm³/mol. The first kappa shape index (κ1) is 28.2. The van der Waals surface area contributed by atoms with Crippen LogP contribution >= 0.6 is 21.8 Å². The average Bonchev–Trinajstić information content (AvgIpc) is 3.29. The van der Waals surface area contributed by atoms with Crippen molar-refractivity contribution < 1.29 is 24.2 Å². The van der Waals surface area contributed by atoms with Gasteiger partial charge in [0.1, 0.15) is 16.2 Å². The molecule has 12 heteroatoms. The van der Waals surface area contributed by atoms with Gasteiger partial charge in [0, 0.05) is 31.5 Å². The highest BCUT2D eigenvalue weighted by Crippen LogP contribution is 3.02. The van der Waals surface area contributed by atoms with Crippen molar-refractivity contribution in [3.63, 3.8) is 0 Å². The zero-order valence-electron chi connectivity index (χ0n) is 21.6. The van der Waals surface area contributed by atoms with Gasteiger partial charge in [0.05, 0.1) is 10.7 Å². The van der Waals surface area contributed by atoms with Gasteiger partial charge in [-0.05, 0) is 72.7 Å². The topological polar surface area (TPSA) is 49.6 Å². The first-order chi connectivity index (χ1) is 18.7.